The van der Waals surface area contributed by atoms with Crippen molar-refractivity contribution in [3.63, 3.8) is 0 Å². The van der Waals surface area contributed by atoms with Crippen molar-refractivity contribution in [1.82, 2.24) is 4.90 Å². The smallest absolute Gasteiger partial charge is 0.264 e. The van der Waals surface area contributed by atoms with Crippen molar-refractivity contribution in [3.05, 3.63) is 90.5 Å². The van der Waals surface area contributed by atoms with Gasteiger partial charge in [0, 0.05) is 44.5 Å². The molecular weight excluding hydrogens is 410 g/mol. The molecule has 160 valence electrons. The molecule has 7 heteroatoms. The highest BCUT2D eigenvalue weighted by Crippen LogP contribution is 2.23. The summed E-state index contributed by atoms with van der Waals surface area (Å²) < 4.78 is 27.1. The Labute approximate surface area is 183 Å². The summed E-state index contributed by atoms with van der Waals surface area (Å²) in [6.45, 7) is 2.79. The molecule has 3 aromatic carbocycles. The summed E-state index contributed by atoms with van der Waals surface area (Å²) in [7, 11) is -2.17. The molecule has 0 spiro atoms. The number of piperazine rings is 1. The number of benzene rings is 3. The molecule has 0 N–H and O–H groups in total. The lowest BCUT2D eigenvalue weighted by molar-refractivity contribution is 0.0746. The first-order valence-corrected chi connectivity index (χ1v) is 11.6. The second kappa shape index (κ2) is 8.81. The van der Waals surface area contributed by atoms with E-state index >= 15 is 0 Å². The fourth-order valence-electron chi connectivity index (χ4n) is 3.69. The largest absolute Gasteiger partial charge is 0.368 e. The molecule has 1 aliphatic rings. The molecule has 1 amide bonds. The highest BCUT2D eigenvalue weighted by molar-refractivity contribution is 7.92. The quantitative estimate of drug-likeness (QED) is 0.616. The third kappa shape index (κ3) is 4.41. The van der Waals surface area contributed by atoms with Crippen LogP contribution >= 0.6 is 0 Å². The van der Waals surface area contributed by atoms with Crippen LogP contribution in [0.3, 0.4) is 0 Å². The van der Waals surface area contributed by atoms with Gasteiger partial charge in [-0.05, 0) is 48.5 Å². The summed E-state index contributed by atoms with van der Waals surface area (Å²) in [5.41, 5.74) is 2.24. The number of para-hydroxylation sites is 2. The minimum atomic E-state index is -3.70. The van der Waals surface area contributed by atoms with E-state index in [0.717, 1.165) is 18.8 Å². The maximum absolute atomic E-state index is 12.9. The number of hydrogen-bond donors (Lipinski definition) is 0. The minimum Gasteiger partial charge on any atom is -0.368 e. The Morgan fingerprint density at radius 2 is 1.32 bits per heavy atom. The number of hydrogen-bond acceptors (Lipinski definition) is 4. The van der Waals surface area contributed by atoms with Crippen LogP contribution in [-0.4, -0.2) is 52.5 Å². The Morgan fingerprint density at radius 3 is 1.90 bits per heavy atom. The van der Waals surface area contributed by atoms with Crippen molar-refractivity contribution >= 4 is 27.3 Å². The molecule has 0 aliphatic carbocycles. The van der Waals surface area contributed by atoms with Crippen LogP contribution in [0, 0.1) is 0 Å². The fraction of sp³-hybridized carbons (Fsp3) is 0.208. The average Bonchev–Trinajstić information content (AvgIpc) is 2.84. The lowest BCUT2D eigenvalue weighted by Crippen LogP contribution is -2.48. The van der Waals surface area contributed by atoms with Crippen LogP contribution in [0.4, 0.5) is 11.4 Å². The number of nitrogens with zero attached hydrogens (tertiary/aromatic N) is 3. The molecular formula is C24H25N3O3S. The number of rotatable bonds is 5. The first kappa shape index (κ1) is 20.9. The zero-order valence-corrected chi connectivity index (χ0v) is 18.2. The van der Waals surface area contributed by atoms with Crippen LogP contribution < -0.4 is 9.21 Å². The third-order valence-corrected chi connectivity index (χ3v) is 7.37. The van der Waals surface area contributed by atoms with Gasteiger partial charge >= 0.3 is 0 Å². The molecule has 1 heterocycles. The standard InChI is InChI=1S/C24H25N3O3S/c1-25(21-8-4-2-5-9-21)31(29,30)23-14-12-20(13-15-23)24(28)27-18-16-26(17-19-27)22-10-6-3-7-11-22/h2-15H,16-19H2,1H3. The Kier molecular flexibility index (Phi) is 5.95. The molecule has 6 nitrogen and oxygen atoms in total. The summed E-state index contributed by atoms with van der Waals surface area (Å²) in [6, 6.07) is 25.3. The van der Waals surface area contributed by atoms with E-state index in [4.69, 9.17) is 0 Å². The highest BCUT2D eigenvalue weighted by atomic mass is 32.2. The first-order chi connectivity index (χ1) is 15.0. The first-order valence-electron chi connectivity index (χ1n) is 10.2. The Hall–Kier alpha value is -3.32. The fourth-order valence-corrected chi connectivity index (χ4v) is 4.89. The predicted octanol–water partition coefficient (Wildman–Crippen LogP) is 3.47. The zero-order chi connectivity index (χ0) is 21.8. The highest BCUT2D eigenvalue weighted by Gasteiger charge is 2.24. The number of anilines is 2. The summed E-state index contributed by atoms with van der Waals surface area (Å²) >= 11 is 0. The lowest BCUT2D eigenvalue weighted by atomic mass is 10.1. The van der Waals surface area contributed by atoms with Gasteiger partial charge < -0.3 is 9.80 Å². The van der Waals surface area contributed by atoms with Crippen molar-refractivity contribution in [1.29, 1.82) is 0 Å². The Morgan fingerprint density at radius 1 is 0.774 bits per heavy atom. The van der Waals surface area contributed by atoms with Gasteiger partial charge in [0.2, 0.25) is 0 Å². The average molecular weight is 436 g/mol. The van der Waals surface area contributed by atoms with E-state index in [2.05, 4.69) is 17.0 Å². The molecule has 0 radical (unpaired) electrons. The predicted molar refractivity (Wildman–Crippen MR) is 123 cm³/mol. The van der Waals surface area contributed by atoms with Crippen LogP contribution in [0.1, 0.15) is 10.4 Å². The summed E-state index contributed by atoms with van der Waals surface area (Å²) in [5, 5.41) is 0. The lowest BCUT2D eigenvalue weighted by Gasteiger charge is -2.36. The van der Waals surface area contributed by atoms with Gasteiger partial charge in [-0.25, -0.2) is 8.42 Å². The van der Waals surface area contributed by atoms with E-state index in [1.54, 1.807) is 36.4 Å². The molecule has 0 atom stereocenters. The molecule has 0 unspecified atom stereocenters. The molecule has 1 fully saturated rings. The van der Waals surface area contributed by atoms with Crippen LogP contribution in [0.5, 0.6) is 0 Å². The van der Waals surface area contributed by atoms with Gasteiger partial charge in [0.05, 0.1) is 10.6 Å². The monoisotopic (exact) mass is 435 g/mol. The van der Waals surface area contributed by atoms with Gasteiger partial charge in [-0.1, -0.05) is 36.4 Å². The van der Waals surface area contributed by atoms with E-state index in [0.29, 0.717) is 24.3 Å². The van der Waals surface area contributed by atoms with Crippen molar-refractivity contribution in [3.8, 4) is 0 Å². The SMILES string of the molecule is CN(c1ccccc1)S(=O)(=O)c1ccc(C(=O)N2CCN(c3ccccc3)CC2)cc1. The number of carbonyl (C=O) groups is 1. The summed E-state index contributed by atoms with van der Waals surface area (Å²) in [6.07, 6.45) is 0. The molecule has 0 saturated carbocycles. The van der Waals surface area contributed by atoms with Gasteiger partial charge in [-0.3, -0.25) is 9.10 Å². The second-order valence-electron chi connectivity index (χ2n) is 7.45. The minimum absolute atomic E-state index is 0.0759. The van der Waals surface area contributed by atoms with E-state index in [1.807, 2.05) is 29.2 Å². The molecule has 31 heavy (non-hydrogen) atoms. The van der Waals surface area contributed by atoms with Crippen molar-refractivity contribution in [2.24, 2.45) is 0 Å². The van der Waals surface area contributed by atoms with Gasteiger partial charge in [-0.2, -0.15) is 0 Å². The normalized spacial score (nSPS) is 14.4. The number of carbonyl (C=O) groups excluding carboxylic acids is 1. The topological polar surface area (TPSA) is 60.9 Å². The third-order valence-electron chi connectivity index (χ3n) is 5.57. The summed E-state index contributed by atoms with van der Waals surface area (Å²) in [4.78, 5) is 17.1. The Balaban J connectivity index is 1.43. The number of amides is 1. The van der Waals surface area contributed by atoms with Crippen LogP contribution in [0.25, 0.3) is 0 Å². The van der Waals surface area contributed by atoms with Crippen LogP contribution in [-0.2, 0) is 10.0 Å². The number of sulfonamides is 1. The molecule has 0 bridgehead atoms. The molecule has 0 aromatic heterocycles. The molecule has 1 saturated heterocycles. The van der Waals surface area contributed by atoms with Gasteiger partial charge in [0.1, 0.15) is 0 Å². The zero-order valence-electron chi connectivity index (χ0n) is 17.4. The maximum atomic E-state index is 12.9. The van der Waals surface area contributed by atoms with Gasteiger partial charge in [0.25, 0.3) is 15.9 Å². The van der Waals surface area contributed by atoms with Gasteiger partial charge in [0.15, 0.2) is 0 Å². The van der Waals surface area contributed by atoms with E-state index in [1.165, 1.54) is 23.5 Å². The van der Waals surface area contributed by atoms with Crippen molar-refractivity contribution in [2.45, 2.75) is 4.90 Å². The van der Waals surface area contributed by atoms with Crippen molar-refractivity contribution < 1.29 is 13.2 Å². The van der Waals surface area contributed by atoms with E-state index in [-0.39, 0.29) is 10.8 Å². The molecule has 1 aliphatic heterocycles. The molecule has 3 aromatic rings. The van der Waals surface area contributed by atoms with E-state index < -0.39 is 10.0 Å². The Bertz CT molecular complexity index is 1130. The second-order valence-corrected chi connectivity index (χ2v) is 9.42. The van der Waals surface area contributed by atoms with Crippen molar-refractivity contribution in [2.75, 3.05) is 42.4 Å². The van der Waals surface area contributed by atoms with Gasteiger partial charge in [-0.15, -0.1) is 0 Å². The van der Waals surface area contributed by atoms with Crippen LogP contribution in [0.15, 0.2) is 89.8 Å². The summed E-state index contributed by atoms with van der Waals surface area (Å²) in [5.74, 6) is -0.0759. The molecule has 4 rings (SSSR count). The maximum Gasteiger partial charge on any atom is 0.264 e. The van der Waals surface area contributed by atoms with Crippen LogP contribution in [0.2, 0.25) is 0 Å². The van der Waals surface area contributed by atoms with E-state index in [9.17, 15) is 13.2 Å².